The van der Waals surface area contributed by atoms with Crippen molar-refractivity contribution in [2.24, 2.45) is 0 Å². The number of hydrogen-bond acceptors (Lipinski definition) is 4. The molecule has 0 bridgehead atoms. The molecule has 0 aromatic rings. The number of amides is 1. The van der Waals surface area contributed by atoms with E-state index in [9.17, 15) is 9.59 Å². The maximum Gasteiger partial charge on any atom is 0.323 e. The van der Waals surface area contributed by atoms with Crippen LogP contribution in [-0.4, -0.2) is 61.3 Å². The Morgan fingerprint density at radius 1 is 1.50 bits per heavy atom. The van der Waals surface area contributed by atoms with Gasteiger partial charge in [-0.3, -0.25) is 9.59 Å². The molecular weight excluding hydrogens is 212 g/mol. The molecule has 1 aliphatic carbocycles. The number of nitrogens with zero attached hydrogens (tertiary/aromatic N) is 1. The summed E-state index contributed by atoms with van der Waals surface area (Å²) in [6.07, 6.45) is 1.83. The van der Waals surface area contributed by atoms with E-state index in [2.05, 4.69) is 5.32 Å². The molecule has 0 unspecified atom stereocenters. The highest BCUT2D eigenvalue weighted by molar-refractivity contribution is 5.83. The highest BCUT2D eigenvalue weighted by atomic mass is 16.5. The van der Waals surface area contributed by atoms with Gasteiger partial charge in [0.15, 0.2) is 0 Å². The molecule has 0 aromatic heterocycles. The summed E-state index contributed by atoms with van der Waals surface area (Å²) in [5.74, 6) is -1.11. The van der Waals surface area contributed by atoms with Gasteiger partial charge in [0, 0.05) is 19.7 Å². The number of rotatable bonds is 8. The summed E-state index contributed by atoms with van der Waals surface area (Å²) in [4.78, 5) is 23.7. The van der Waals surface area contributed by atoms with Gasteiger partial charge in [0.1, 0.15) is 6.54 Å². The molecule has 92 valence electrons. The van der Waals surface area contributed by atoms with Crippen molar-refractivity contribution in [2.45, 2.75) is 18.9 Å². The maximum absolute atomic E-state index is 11.7. The average molecular weight is 230 g/mol. The van der Waals surface area contributed by atoms with Crippen LogP contribution in [0.1, 0.15) is 12.8 Å². The van der Waals surface area contributed by atoms with Crippen LogP contribution in [0.2, 0.25) is 0 Å². The van der Waals surface area contributed by atoms with Crippen molar-refractivity contribution >= 4 is 11.9 Å². The molecule has 2 N–H and O–H groups in total. The van der Waals surface area contributed by atoms with Gasteiger partial charge in [0.2, 0.25) is 5.91 Å². The van der Waals surface area contributed by atoms with Crippen molar-refractivity contribution in [3.63, 3.8) is 0 Å². The van der Waals surface area contributed by atoms with E-state index in [1.165, 1.54) is 4.90 Å². The fourth-order valence-electron chi connectivity index (χ4n) is 1.42. The highest BCUT2D eigenvalue weighted by Gasteiger charge is 2.33. The number of nitrogens with one attached hydrogen (secondary N) is 1. The molecule has 0 radical (unpaired) electrons. The van der Waals surface area contributed by atoms with Crippen molar-refractivity contribution in [3.8, 4) is 0 Å². The van der Waals surface area contributed by atoms with E-state index in [1.54, 1.807) is 7.11 Å². The van der Waals surface area contributed by atoms with Crippen LogP contribution >= 0.6 is 0 Å². The quantitative estimate of drug-likeness (QED) is 0.539. The van der Waals surface area contributed by atoms with E-state index in [-0.39, 0.29) is 25.0 Å². The van der Waals surface area contributed by atoms with E-state index in [0.29, 0.717) is 13.2 Å². The number of carbonyl (C=O) groups excluding carboxylic acids is 1. The van der Waals surface area contributed by atoms with E-state index in [1.807, 2.05) is 0 Å². The fraction of sp³-hybridized carbons (Fsp3) is 0.800. The van der Waals surface area contributed by atoms with Gasteiger partial charge < -0.3 is 20.1 Å². The molecule has 1 rings (SSSR count). The first-order chi connectivity index (χ1) is 7.65. The Morgan fingerprint density at radius 3 is 2.69 bits per heavy atom. The number of carbonyl (C=O) groups is 2. The Kier molecular flexibility index (Phi) is 5.21. The first-order valence-electron chi connectivity index (χ1n) is 5.36. The van der Waals surface area contributed by atoms with Crippen LogP contribution in [0.15, 0.2) is 0 Å². The van der Waals surface area contributed by atoms with Crippen LogP contribution in [0, 0.1) is 0 Å². The van der Waals surface area contributed by atoms with Crippen molar-refractivity contribution < 1.29 is 19.4 Å². The second-order valence-electron chi connectivity index (χ2n) is 3.82. The Bertz CT molecular complexity index is 253. The molecule has 1 fully saturated rings. The summed E-state index contributed by atoms with van der Waals surface area (Å²) in [5.41, 5.74) is 0. The molecule has 1 saturated carbocycles. The minimum absolute atomic E-state index is 0.132. The van der Waals surface area contributed by atoms with Crippen LogP contribution in [0.5, 0.6) is 0 Å². The standard InChI is InChI=1S/C10H18N2O4/c1-16-5-4-11-6-9(13)12(7-10(14)15)8-2-3-8/h8,11H,2-7H2,1H3,(H,14,15). The van der Waals surface area contributed by atoms with E-state index < -0.39 is 5.97 Å². The molecule has 0 atom stereocenters. The van der Waals surface area contributed by atoms with Gasteiger partial charge in [-0.2, -0.15) is 0 Å². The second-order valence-corrected chi connectivity index (χ2v) is 3.82. The third-order valence-electron chi connectivity index (χ3n) is 2.37. The van der Waals surface area contributed by atoms with E-state index in [0.717, 1.165) is 12.8 Å². The summed E-state index contributed by atoms with van der Waals surface area (Å²) >= 11 is 0. The van der Waals surface area contributed by atoms with Crippen molar-refractivity contribution in [3.05, 3.63) is 0 Å². The van der Waals surface area contributed by atoms with Gasteiger partial charge >= 0.3 is 5.97 Å². The van der Waals surface area contributed by atoms with Crippen LogP contribution in [0.4, 0.5) is 0 Å². The number of aliphatic carboxylic acids is 1. The van der Waals surface area contributed by atoms with Crippen LogP contribution in [0.3, 0.4) is 0 Å². The van der Waals surface area contributed by atoms with Crippen molar-refractivity contribution in [2.75, 3.05) is 33.4 Å². The molecule has 6 heteroatoms. The largest absolute Gasteiger partial charge is 0.480 e. The van der Waals surface area contributed by atoms with Gasteiger partial charge in [-0.15, -0.1) is 0 Å². The third kappa shape index (κ3) is 4.59. The molecule has 0 spiro atoms. The Labute approximate surface area is 94.6 Å². The molecule has 1 aliphatic rings. The fourth-order valence-corrected chi connectivity index (χ4v) is 1.42. The summed E-state index contributed by atoms with van der Waals surface area (Å²) < 4.78 is 4.83. The second kappa shape index (κ2) is 6.44. The van der Waals surface area contributed by atoms with Gasteiger partial charge in [-0.1, -0.05) is 0 Å². The number of carboxylic acids is 1. The Morgan fingerprint density at radius 2 is 2.19 bits per heavy atom. The first kappa shape index (κ1) is 12.9. The zero-order valence-corrected chi connectivity index (χ0v) is 9.44. The molecule has 1 amide bonds. The van der Waals surface area contributed by atoms with Crippen LogP contribution in [0.25, 0.3) is 0 Å². The number of ether oxygens (including phenoxy) is 1. The third-order valence-corrected chi connectivity index (χ3v) is 2.37. The van der Waals surface area contributed by atoms with Crippen molar-refractivity contribution in [1.29, 1.82) is 0 Å². The summed E-state index contributed by atoms with van der Waals surface area (Å²) in [6, 6.07) is 0.132. The number of carboxylic acid groups (broad SMARTS) is 1. The van der Waals surface area contributed by atoms with Gasteiger partial charge in [-0.05, 0) is 12.8 Å². The Hall–Kier alpha value is -1.14. The van der Waals surface area contributed by atoms with Crippen LogP contribution in [-0.2, 0) is 14.3 Å². The molecular formula is C10H18N2O4. The molecule has 0 aliphatic heterocycles. The lowest BCUT2D eigenvalue weighted by molar-refractivity contribution is -0.144. The van der Waals surface area contributed by atoms with Gasteiger partial charge in [0.05, 0.1) is 13.2 Å². The maximum atomic E-state index is 11.7. The lowest BCUT2D eigenvalue weighted by atomic mass is 10.4. The van der Waals surface area contributed by atoms with Gasteiger partial charge in [0.25, 0.3) is 0 Å². The van der Waals surface area contributed by atoms with Crippen molar-refractivity contribution in [1.82, 2.24) is 10.2 Å². The minimum atomic E-state index is -0.961. The zero-order chi connectivity index (χ0) is 12.0. The average Bonchev–Trinajstić information content (AvgIpc) is 3.04. The lowest BCUT2D eigenvalue weighted by Gasteiger charge is -2.20. The topological polar surface area (TPSA) is 78.9 Å². The molecule has 0 heterocycles. The number of hydrogen-bond donors (Lipinski definition) is 2. The van der Waals surface area contributed by atoms with Crippen LogP contribution < -0.4 is 5.32 Å². The monoisotopic (exact) mass is 230 g/mol. The molecule has 0 saturated heterocycles. The minimum Gasteiger partial charge on any atom is -0.480 e. The lowest BCUT2D eigenvalue weighted by Crippen LogP contribution is -2.43. The predicted molar refractivity (Wildman–Crippen MR) is 57.1 cm³/mol. The van der Waals surface area contributed by atoms with Gasteiger partial charge in [-0.25, -0.2) is 0 Å². The highest BCUT2D eigenvalue weighted by Crippen LogP contribution is 2.26. The predicted octanol–water partition coefficient (Wildman–Crippen LogP) is -0.702. The van der Waals surface area contributed by atoms with E-state index in [4.69, 9.17) is 9.84 Å². The zero-order valence-electron chi connectivity index (χ0n) is 9.44. The Balaban J connectivity index is 2.27. The summed E-state index contributed by atoms with van der Waals surface area (Å²) in [5, 5.41) is 11.6. The normalized spacial score (nSPS) is 14.8. The summed E-state index contributed by atoms with van der Waals surface area (Å²) in [7, 11) is 1.59. The first-order valence-corrected chi connectivity index (χ1v) is 5.36. The van der Waals surface area contributed by atoms with E-state index >= 15 is 0 Å². The summed E-state index contributed by atoms with van der Waals surface area (Å²) in [6.45, 7) is 1.10. The SMILES string of the molecule is COCCNCC(=O)N(CC(=O)O)C1CC1. The molecule has 6 nitrogen and oxygen atoms in total. The number of methoxy groups -OCH3 is 1. The smallest absolute Gasteiger partial charge is 0.323 e. The molecule has 0 aromatic carbocycles. The molecule has 16 heavy (non-hydrogen) atoms.